The molecular formula is C32H47N3O5. The number of hydrogen-bond acceptors (Lipinski definition) is 7. The predicted molar refractivity (Wildman–Crippen MR) is 162 cm³/mol. The third kappa shape index (κ3) is 9.66. The first-order valence-corrected chi connectivity index (χ1v) is 14.6. The zero-order valence-electron chi connectivity index (χ0n) is 24.7. The lowest BCUT2D eigenvalue weighted by Gasteiger charge is -2.36. The fourth-order valence-corrected chi connectivity index (χ4v) is 4.86. The van der Waals surface area contributed by atoms with Crippen LogP contribution in [0.1, 0.15) is 63.9 Å². The lowest BCUT2D eigenvalue weighted by Crippen LogP contribution is -2.53. The normalized spacial score (nSPS) is 13.8. The number of carbonyl (C=O) groups excluding carboxylic acids is 1. The van der Waals surface area contributed by atoms with Crippen LogP contribution in [0.25, 0.3) is 6.08 Å². The quantitative estimate of drug-likeness (QED) is 0.187. The highest BCUT2D eigenvalue weighted by molar-refractivity contribution is 5.91. The van der Waals surface area contributed by atoms with Gasteiger partial charge in [-0.15, -0.1) is 0 Å². The van der Waals surface area contributed by atoms with E-state index >= 15 is 0 Å². The molecule has 40 heavy (non-hydrogen) atoms. The van der Waals surface area contributed by atoms with Gasteiger partial charge in [-0.1, -0.05) is 64.0 Å². The lowest BCUT2D eigenvalue weighted by atomic mass is 10.1. The SMILES string of the molecule is CCCCCCCCCCOc1c(OC)cc(/C=C/C(=O)NN2CCN(c3ccccc3OC)CC2)cc1OC. The monoisotopic (exact) mass is 553 g/mol. The van der Waals surface area contributed by atoms with Crippen molar-refractivity contribution in [2.24, 2.45) is 0 Å². The van der Waals surface area contributed by atoms with E-state index in [9.17, 15) is 4.79 Å². The van der Waals surface area contributed by atoms with Crippen molar-refractivity contribution >= 4 is 17.7 Å². The summed E-state index contributed by atoms with van der Waals surface area (Å²) in [4.78, 5) is 14.9. The van der Waals surface area contributed by atoms with Gasteiger partial charge in [-0.05, 0) is 42.3 Å². The maximum atomic E-state index is 12.7. The minimum absolute atomic E-state index is 0.182. The van der Waals surface area contributed by atoms with E-state index in [1.165, 1.54) is 44.6 Å². The van der Waals surface area contributed by atoms with E-state index in [1.54, 1.807) is 27.4 Å². The van der Waals surface area contributed by atoms with Gasteiger partial charge in [-0.3, -0.25) is 10.2 Å². The van der Waals surface area contributed by atoms with Crippen LogP contribution in [-0.2, 0) is 4.79 Å². The Kier molecular flexibility index (Phi) is 13.5. The van der Waals surface area contributed by atoms with Gasteiger partial charge in [0, 0.05) is 32.3 Å². The summed E-state index contributed by atoms with van der Waals surface area (Å²) in [6, 6.07) is 11.7. The van der Waals surface area contributed by atoms with Crippen molar-refractivity contribution in [3.8, 4) is 23.0 Å². The number of nitrogens with one attached hydrogen (secondary N) is 1. The summed E-state index contributed by atoms with van der Waals surface area (Å²) in [5, 5.41) is 1.95. The smallest absolute Gasteiger partial charge is 0.258 e. The minimum atomic E-state index is -0.182. The largest absolute Gasteiger partial charge is 0.495 e. The Bertz CT molecular complexity index is 1040. The Labute approximate surface area is 240 Å². The summed E-state index contributed by atoms with van der Waals surface area (Å²) in [7, 11) is 4.91. The van der Waals surface area contributed by atoms with Crippen molar-refractivity contribution < 1.29 is 23.7 Å². The summed E-state index contributed by atoms with van der Waals surface area (Å²) in [6.45, 7) is 5.87. The van der Waals surface area contributed by atoms with Gasteiger partial charge < -0.3 is 23.8 Å². The number of amides is 1. The van der Waals surface area contributed by atoms with Gasteiger partial charge in [0.05, 0.1) is 33.6 Å². The van der Waals surface area contributed by atoms with Crippen LogP contribution in [-0.4, -0.2) is 65.0 Å². The number of hydrazine groups is 1. The second-order valence-corrected chi connectivity index (χ2v) is 10.0. The Morgan fingerprint density at radius 2 is 1.43 bits per heavy atom. The van der Waals surface area contributed by atoms with Crippen molar-refractivity contribution in [1.29, 1.82) is 0 Å². The number of methoxy groups -OCH3 is 3. The first kappa shape index (κ1) is 31.1. The molecule has 8 nitrogen and oxygen atoms in total. The van der Waals surface area contributed by atoms with E-state index in [4.69, 9.17) is 18.9 Å². The van der Waals surface area contributed by atoms with Crippen LogP contribution in [0.3, 0.4) is 0 Å². The van der Waals surface area contributed by atoms with Crippen molar-refractivity contribution in [3.63, 3.8) is 0 Å². The number of hydrogen-bond donors (Lipinski definition) is 1. The van der Waals surface area contributed by atoms with E-state index in [-0.39, 0.29) is 5.91 Å². The highest BCUT2D eigenvalue weighted by Gasteiger charge is 2.20. The standard InChI is InChI=1S/C32H47N3O5/c1-5-6-7-8-9-10-11-14-23-40-32-29(38-3)24-26(25-30(32)39-4)17-18-31(36)33-35-21-19-34(20-22-35)27-15-12-13-16-28(27)37-2/h12-13,15-18,24-25H,5-11,14,19-23H2,1-4H3,(H,33,36)/b18-17+. The maximum Gasteiger partial charge on any atom is 0.258 e. The molecule has 1 N–H and O–H groups in total. The average molecular weight is 554 g/mol. The van der Waals surface area contributed by atoms with Crippen molar-refractivity contribution in [2.45, 2.75) is 58.3 Å². The lowest BCUT2D eigenvalue weighted by molar-refractivity contribution is -0.121. The molecule has 0 bridgehead atoms. The van der Waals surface area contributed by atoms with Crippen molar-refractivity contribution in [1.82, 2.24) is 10.4 Å². The molecule has 0 spiro atoms. The number of nitrogens with zero attached hydrogens (tertiary/aromatic N) is 2. The topological polar surface area (TPSA) is 72.5 Å². The Hall–Kier alpha value is -3.39. The molecule has 1 amide bonds. The number of rotatable bonds is 17. The van der Waals surface area contributed by atoms with Crippen LogP contribution in [0, 0.1) is 0 Å². The Morgan fingerprint density at radius 1 is 0.825 bits per heavy atom. The van der Waals surface area contributed by atoms with Crippen LogP contribution < -0.4 is 29.3 Å². The van der Waals surface area contributed by atoms with Gasteiger partial charge in [-0.25, -0.2) is 5.01 Å². The van der Waals surface area contributed by atoms with Crippen LogP contribution in [0.15, 0.2) is 42.5 Å². The highest BCUT2D eigenvalue weighted by atomic mass is 16.5. The van der Waals surface area contributed by atoms with Gasteiger partial charge in [-0.2, -0.15) is 0 Å². The number of para-hydroxylation sites is 2. The number of carbonyl (C=O) groups is 1. The zero-order valence-corrected chi connectivity index (χ0v) is 24.7. The van der Waals surface area contributed by atoms with Gasteiger partial charge >= 0.3 is 0 Å². The molecule has 1 saturated heterocycles. The summed E-state index contributed by atoms with van der Waals surface area (Å²) in [5.41, 5.74) is 4.85. The third-order valence-corrected chi connectivity index (χ3v) is 7.13. The number of unbranched alkanes of at least 4 members (excludes halogenated alkanes) is 7. The molecule has 1 heterocycles. The van der Waals surface area contributed by atoms with Crippen LogP contribution in [0.4, 0.5) is 5.69 Å². The molecule has 0 aliphatic carbocycles. The molecule has 3 rings (SSSR count). The zero-order chi connectivity index (χ0) is 28.6. The van der Waals surface area contributed by atoms with E-state index in [1.807, 2.05) is 35.3 Å². The fraction of sp³-hybridized carbons (Fsp3) is 0.531. The summed E-state index contributed by atoms with van der Waals surface area (Å²) in [5.74, 6) is 2.46. The van der Waals surface area contributed by atoms with Crippen LogP contribution in [0.2, 0.25) is 0 Å². The van der Waals surface area contributed by atoms with E-state index in [0.717, 1.165) is 42.9 Å². The van der Waals surface area contributed by atoms with Gasteiger partial charge in [0.1, 0.15) is 5.75 Å². The average Bonchev–Trinajstić information content (AvgIpc) is 2.99. The first-order valence-electron chi connectivity index (χ1n) is 14.6. The predicted octanol–water partition coefficient (Wildman–Crippen LogP) is 6.10. The van der Waals surface area contributed by atoms with Crippen LogP contribution in [0.5, 0.6) is 23.0 Å². The molecular weight excluding hydrogens is 506 g/mol. The number of piperazine rings is 1. The molecule has 8 heteroatoms. The molecule has 0 unspecified atom stereocenters. The van der Waals surface area contributed by atoms with Gasteiger partial charge in [0.15, 0.2) is 11.5 Å². The van der Waals surface area contributed by atoms with Gasteiger partial charge in [0.25, 0.3) is 5.91 Å². The fourth-order valence-electron chi connectivity index (χ4n) is 4.86. The third-order valence-electron chi connectivity index (χ3n) is 7.13. The molecule has 220 valence electrons. The van der Waals surface area contributed by atoms with E-state index in [0.29, 0.717) is 36.9 Å². The number of ether oxygens (including phenoxy) is 4. The van der Waals surface area contributed by atoms with Crippen molar-refractivity contribution in [3.05, 3.63) is 48.0 Å². The molecule has 0 saturated carbocycles. The second kappa shape index (κ2) is 17.3. The van der Waals surface area contributed by atoms with E-state index < -0.39 is 0 Å². The molecule has 2 aromatic rings. The molecule has 0 atom stereocenters. The Morgan fingerprint density at radius 3 is 2.05 bits per heavy atom. The minimum Gasteiger partial charge on any atom is -0.495 e. The summed E-state index contributed by atoms with van der Waals surface area (Å²) < 4.78 is 22.7. The first-order chi connectivity index (χ1) is 19.6. The molecule has 1 aliphatic rings. The molecule has 1 aliphatic heterocycles. The molecule has 1 fully saturated rings. The molecule has 2 aromatic carbocycles. The molecule has 0 radical (unpaired) electrons. The second-order valence-electron chi connectivity index (χ2n) is 10.0. The number of anilines is 1. The highest BCUT2D eigenvalue weighted by Crippen LogP contribution is 2.39. The van der Waals surface area contributed by atoms with Crippen LogP contribution >= 0.6 is 0 Å². The van der Waals surface area contributed by atoms with Crippen molar-refractivity contribution in [2.75, 3.05) is 59.0 Å². The Balaban J connectivity index is 1.47. The summed E-state index contributed by atoms with van der Waals surface area (Å²) in [6.07, 6.45) is 13.2. The molecule has 0 aromatic heterocycles. The number of benzene rings is 2. The van der Waals surface area contributed by atoms with Gasteiger partial charge in [0.2, 0.25) is 5.75 Å². The summed E-state index contributed by atoms with van der Waals surface area (Å²) >= 11 is 0. The maximum absolute atomic E-state index is 12.7. The van der Waals surface area contributed by atoms with E-state index in [2.05, 4.69) is 23.3 Å².